The lowest BCUT2D eigenvalue weighted by molar-refractivity contribution is 0.103. The number of benzene rings is 1. The van der Waals surface area contributed by atoms with Crippen LogP contribution in [0.5, 0.6) is 11.5 Å². The van der Waals surface area contributed by atoms with Crippen LogP contribution >= 0.6 is 0 Å². The fourth-order valence-corrected chi connectivity index (χ4v) is 1.59. The Morgan fingerprint density at radius 1 is 1.00 bits per heavy atom. The van der Waals surface area contributed by atoms with E-state index in [0.717, 1.165) is 0 Å². The van der Waals surface area contributed by atoms with E-state index in [1.165, 1.54) is 13.3 Å². The number of carbonyl (C=O) groups is 1. The van der Waals surface area contributed by atoms with Gasteiger partial charge in [-0.25, -0.2) is 0 Å². The minimum absolute atomic E-state index is 0.111. The fraction of sp³-hybridized carbons (Fsp3) is 0.143. The average Bonchev–Trinajstić information content (AvgIpc) is 2.46. The molecule has 0 fully saturated rings. The third-order valence-electron chi connectivity index (χ3n) is 2.54. The van der Waals surface area contributed by atoms with Gasteiger partial charge in [0.15, 0.2) is 5.78 Å². The van der Waals surface area contributed by atoms with Gasteiger partial charge in [-0.3, -0.25) is 9.78 Å². The summed E-state index contributed by atoms with van der Waals surface area (Å²) in [5.74, 6) is 1.10. The minimum atomic E-state index is -0.111. The third kappa shape index (κ3) is 2.48. The monoisotopic (exact) mass is 243 g/mol. The lowest BCUT2D eigenvalue weighted by atomic mass is 10.0. The number of aromatic nitrogens is 1. The van der Waals surface area contributed by atoms with Crippen molar-refractivity contribution in [1.82, 2.24) is 4.98 Å². The number of pyridine rings is 1. The van der Waals surface area contributed by atoms with Gasteiger partial charge in [0.2, 0.25) is 0 Å². The van der Waals surface area contributed by atoms with E-state index in [0.29, 0.717) is 22.6 Å². The summed E-state index contributed by atoms with van der Waals surface area (Å²) >= 11 is 0. The molecule has 0 N–H and O–H groups in total. The van der Waals surface area contributed by atoms with Crippen molar-refractivity contribution < 1.29 is 14.3 Å². The highest BCUT2D eigenvalue weighted by molar-refractivity contribution is 6.09. The topological polar surface area (TPSA) is 48.4 Å². The number of carbonyl (C=O) groups excluding carboxylic acids is 1. The Balaban J connectivity index is 2.34. The van der Waals surface area contributed by atoms with Gasteiger partial charge < -0.3 is 9.47 Å². The van der Waals surface area contributed by atoms with E-state index in [1.807, 2.05) is 0 Å². The maximum Gasteiger partial charge on any atom is 0.194 e. The van der Waals surface area contributed by atoms with Crippen LogP contribution in [0.1, 0.15) is 15.9 Å². The molecule has 0 saturated heterocycles. The first-order valence-electron chi connectivity index (χ1n) is 5.42. The number of rotatable bonds is 4. The molecule has 18 heavy (non-hydrogen) atoms. The zero-order chi connectivity index (χ0) is 13.0. The number of hydrogen-bond acceptors (Lipinski definition) is 4. The summed E-state index contributed by atoms with van der Waals surface area (Å²) in [6.07, 6.45) is 3.08. The molecular formula is C14H13NO3. The second-order valence-corrected chi connectivity index (χ2v) is 3.67. The lowest BCUT2D eigenvalue weighted by Crippen LogP contribution is -2.02. The molecule has 2 aromatic rings. The second kappa shape index (κ2) is 5.31. The highest BCUT2D eigenvalue weighted by atomic mass is 16.5. The molecule has 0 aliphatic carbocycles. The molecule has 0 aliphatic heterocycles. The highest BCUT2D eigenvalue weighted by Crippen LogP contribution is 2.18. The molecule has 0 amide bonds. The average molecular weight is 243 g/mol. The summed E-state index contributed by atoms with van der Waals surface area (Å²) in [4.78, 5) is 16.2. The number of ketones is 1. The van der Waals surface area contributed by atoms with Gasteiger partial charge in [-0.2, -0.15) is 0 Å². The summed E-state index contributed by atoms with van der Waals surface area (Å²) < 4.78 is 10.1. The molecule has 0 unspecified atom stereocenters. The van der Waals surface area contributed by atoms with Crippen LogP contribution in [0.15, 0.2) is 42.7 Å². The maximum absolute atomic E-state index is 12.2. The van der Waals surface area contributed by atoms with E-state index in [-0.39, 0.29) is 5.78 Å². The molecule has 92 valence electrons. The Morgan fingerprint density at radius 3 is 2.44 bits per heavy atom. The molecule has 0 radical (unpaired) electrons. The molecular weight excluding hydrogens is 230 g/mol. The van der Waals surface area contributed by atoms with Crippen LogP contribution in [0.3, 0.4) is 0 Å². The van der Waals surface area contributed by atoms with Gasteiger partial charge in [0, 0.05) is 17.3 Å². The molecule has 0 aliphatic rings. The van der Waals surface area contributed by atoms with Crippen LogP contribution in [-0.2, 0) is 0 Å². The molecule has 1 aromatic heterocycles. The number of ether oxygens (including phenoxy) is 2. The summed E-state index contributed by atoms with van der Waals surface area (Å²) in [6, 6.07) is 8.67. The van der Waals surface area contributed by atoms with Crippen LogP contribution in [0.25, 0.3) is 0 Å². The van der Waals surface area contributed by atoms with E-state index in [4.69, 9.17) is 9.47 Å². The predicted molar refractivity (Wildman–Crippen MR) is 67.2 cm³/mol. The summed E-state index contributed by atoms with van der Waals surface area (Å²) in [5, 5.41) is 0. The van der Waals surface area contributed by atoms with Crippen LogP contribution in [0, 0.1) is 0 Å². The largest absolute Gasteiger partial charge is 0.497 e. The molecule has 4 nitrogen and oxygen atoms in total. The van der Waals surface area contributed by atoms with Crippen LogP contribution < -0.4 is 9.47 Å². The summed E-state index contributed by atoms with van der Waals surface area (Å²) in [5.41, 5.74) is 1.05. The van der Waals surface area contributed by atoms with Crippen molar-refractivity contribution in [2.75, 3.05) is 14.2 Å². The molecule has 0 saturated carbocycles. The zero-order valence-corrected chi connectivity index (χ0v) is 10.2. The third-order valence-corrected chi connectivity index (χ3v) is 2.54. The van der Waals surface area contributed by atoms with Gasteiger partial charge in [-0.15, -0.1) is 0 Å². The standard InChI is InChI=1S/C14H13NO3/c1-17-12-5-3-4-10(6-12)14(16)11-7-13(18-2)9-15-8-11/h3-9H,1-2H3. The van der Waals surface area contributed by atoms with Crippen molar-refractivity contribution in [1.29, 1.82) is 0 Å². The smallest absolute Gasteiger partial charge is 0.194 e. The fourth-order valence-electron chi connectivity index (χ4n) is 1.59. The molecule has 1 heterocycles. The molecule has 4 heteroatoms. The van der Waals surface area contributed by atoms with Crippen LogP contribution in [0.2, 0.25) is 0 Å². The molecule has 1 aromatic carbocycles. The Labute approximate surface area is 105 Å². The van der Waals surface area contributed by atoms with Gasteiger partial charge in [0.1, 0.15) is 11.5 Å². The van der Waals surface area contributed by atoms with Gasteiger partial charge in [0.25, 0.3) is 0 Å². The normalized spacial score (nSPS) is 9.89. The van der Waals surface area contributed by atoms with Crippen molar-refractivity contribution >= 4 is 5.78 Å². The number of nitrogens with zero attached hydrogens (tertiary/aromatic N) is 1. The van der Waals surface area contributed by atoms with Crippen molar-refractivity contribution in [3.05, 3.63) is 53.9 Å². The first-order chi connectivity index (χ1) is 8.74. The predicted octanol–water partition coefficient (Wildman–Crippen LogP) is 2.33. The summed E-state index contributed by atoms with van der Waals surface area (Å²) in [6.45, 7) is 0. The van der Waals surface area contributed by atoms with E-state index in [9.17, 15) is 4.79 Å². The first-order valence-corrected chi connectivity index (χ1v) is 5.42. The number of methoxy groups -OCH3 is 2. The van der Waals surface area contributed by atoms with E-state index >= 15 is 0 Å². The van der Waals surface area contributed by atoms with E-state index in [2.05, 4.69) is 4.98 Å². The van der Waals surface area contributed by atoms with Gasteiger partial charge in [-0.05, 0) is 18.2 Å². The molecule has 0 atom stereocenters. The highest BCUT2D eigenvalue weighted by Gasteiger charge is 2.11. The molecule has 0 bridgehead atoms. The number of hydrogen-bond donors (Lipinski definition) is 0. The van der Waals surface area contributed by atoms with Crippen molar-refractivity contribution in [2.45, 2.75) is 0 Å². The Bertz CT molecular complexity index is 517. The lowest BCUT2D eigenvalue weighted by Gasteiger charge is -2.05. The maximum atomic E-state index is 12.2. The molecule has 2 rings (SSSR count). The second-order valence-electron chi connectivity index (χ2n) is 3.67. The van der Waals surface area contributed by atoms with Gasteiger partial charge >= 0.3 is 0 Å². The Morgan fingerprint density at radius 2 is 1.72 bits per heavy atom. The molecule has 0 spiro atoms. The first kappa shape index (κ1) is 12.1. The minimum Gasteiger partial charge on any atom is -0.497 e. The van der Waals surface area contributed by atoms with Crippen molar-refractivity contribution in [2.24, 2.45) is 0 Å². The van der Waals surface area contributed by atoms with Gasteiger partial charge in [0.05, 0.1) is 20.4 Å². The van der Waals surface area contributed by atoms with Gasteiger partial charge in [-0.1, -0.05) is 12.1 Å². The summed E-state index contributed by atoms with van der Waals surface area (Å²) in [7, 11) is 3.10. The zero-order valence-electron chi connectivity index (χ0n) is 10.2. The Kier molecular flexibility index (Phi) is 3.57. The van der Waals surface area contributed by atoms with Crippen LogP contribution in [0.4, 0.5) is 0 Å². The van der Waals surface area contributed by atoms with E-state index < -0.39 is 0 Å². The van der Waals surface area contributed by atoms with E-state index in [1.54, 1.807) is 43.6 Å². The van der Waals surface area contributed by atoms with Crippen molar-refractivity contribution in [3.8, 4) is 11.5 Å². The SMILES string of the molecule is COc1cccc(C(=O)c2cncc(OC)c2)c1. The quantitative estimate of drug-likeness (QED) is 0.773. The van der Waals surface area contributed by atoms with Crippen molar-refractivity contribution in [3.63, 3.8) is 0 Å². The van der Waals surface area contributed by atoms with Crippen LogP contribution in [-0.4, -0.2) is 25.0 Å². The Hall–Kier alpha value is -2.36.